The lowest BCUT2D eigenvalue weighted by Gasteiger charge is -1.89. The third-order valence-corrected chi connectivity index (χ3v) is 0.607. The minimum Gasteiger partial charge on any atom is -0.465 e. The van der Waals surface area contributed by atoms with E-state index in [-0.39, 0.29) is 0 Å². The Hall–Kier alpha value is -0.990. The molecule has 1 amide bonds. The number of hydrogen-bond acceptors (Lipinski definition) is 1. The van der Waals surface area contributed by atoms with Gasteiger partial charge in [0.1, 0.15) is 0 Å². The molecular formula is C5H9NO2. The van der Waals surface area contributed by atoms with Crippen molar-refractivity contribution in [2.75, 3.05) is 6.54 Å². The van der Waals surface area contributed by atoms with Crippen molar-refractivity contribution in [2.45, 2.75) is 6.92 Å². The Morgan fingerprint density at radius 2 is 2.50 bits per heavy atom. The lowest BCUT2D eigenvalue weighted by Crippen LogP contribution is -2.20. The van der Waals surface area contributed by atoms with E-state index in [0.29, 0.717) is 6.54 Å². The third kappa shape index (κ3) is 5.01. The molecule has 2 N–H and O–H groups in total. The number of carboxylic acid groups (broad SMARTS) is 1. The molecule has 0 aromatic rings. The van der Waals surface area contributed by atoms with Crippen LogP contribution in [0.1, 0.15) is 6.92 Å². The molecule has 0 spiro atoms. The Balaban J connectivity index is 3.05. The molecule has 0 aliphatic carbocycles. The lowest BCUT2D eigenvalue weighted by molar-refractivity contribution is 0.195. The molecule has 46 valence electrons. The highest BCUT2D eigenvalue weighted by atomic mass is 16.4. The molecule has 0 saturated carbocycles. The summed E-state index contributed by atoms with van der Waals surface area (Å²) in [5.41, 5.74) is 0. The van der Waals surface area contributed by atoms with Crippen LogP contribution in [0.15, 0.2) is 12.2 Å². The summed E-state index contributed by atoms with van der Waals surface area (Å²) in [5.74, 6) is 0. The first kappa shape index (κ1) is 7.01. The topological polar surface area (TPSA) is 49.3 Å². The standard InChI is InChI=1S/C5H9NO2/c1-2-3-4-6-5(7)8/h2-3,6H,4H2,1H3,(H,7,8). The number of allylic oxidation sites excluding steroid dienone is 1. The van der Waals surface area contributed by atoms with E-state index in [2.05, 4.69) is 5.32 Å². The summed E-state index contributed by atoms with van der Waals surface area (Å²) < 4.78 is 0. The Morgan fingerprint density at radius 3 is 2.88 bits per heavy atom. The van der Waals surface area contributed by atoms with Gasteiger partial charge in [0.05, 0.1) is 0 Å². The van der Waals surface area contributed by atoms with Gasteiger partial charge in [0, 0.05) is 6.54 Å². The second-order valence-electron chi connectivity index (χ2n) is 1.26. The molecule has 8 heavy (non-hydrogen) atoms. The van der Waals surface area contributed by atoms with Gasteiger partial charge < -0.3 is 10.4 Å². The minimum absolute atomic E-state index is 0.395. The van der Waals surface area contributed by atoms with Gasteiger partial charge >= 0.3 is 6.09 Å². The number of amides is 1. The zero-order chi connectivity index (χ0) is 6.41. The summed E-state index contributed by atoms with van der Waals surface area (Å²) in [6, 6.07) is 0. The minimum atomic E-state index is -0.983. The summed E-state index contributed by atoms with van der Waals surface area (Å²) in [4.78, 5) is 9.73. The molecule has 0 atom stereocenters. The lowest BCUT2D eigenvalue weighted by atomic mass is 10.5. The fourth-order valence-corrected chi connectivity index (χ4v) is 0.264. The van der Waals surface area contributed by atoms with Gasteiger partial charge in [-0.15, -0.1) is 0 Å². The van der Waals surface area contributed by atoms with E-state index in [1.54, 1.807) is 12.2 Å². The molecule has 3 nitrogen and oxygen atoms in total. The predicted molar refractivity (Wildman–Crippen MR) is 30.8 cm³/mol. The molecule has 0 fully saturated rings. The average molecular weight is 115 g/mol. The van der Waals surface area contributed by atoms with Crippen LogP contribution in [0, 0.1) is 0 Å². The summed E-state index contributed by atoms with van der Waals surface area (Å²) in [5, 5.41) is 10.2. The molecule has 0 saturated heterocycles. The highest BCUT2D eigenvalue weighted by Crippen LogP contribution is 1.66. The third-order valence-electron chi connectivity index (χ3n) is 0.607. The Morgan fingerprint density at radius 1 is 1.88 bits per heavy atom. The van der Waals surface area contributed by atoms with Gasteiger partial charge in [-0.05, 0) is 6.92 Å². The smallest absolute Gasteiger partial charge is 0.404 e. The zero-order valence-corrected chi connectivity index (χ0v) is 4.72. The molecule has 0 unspecified atom stereocenters. The van der Waals surface area contributed by atoms with E-state index < -0.39 is 6.09 Å². The fraction of sp³-hybridized carbons (Fsp3) is 0.400. The summed E-state index contributed by atoms with van der Waals surface area (Å²) >= 11 is 0. The number of nitrogens with one attached hydrogen (secondary N) is 1. The number of rotatable bonds is 2. The van der Waals surface area contributed by atoms with Crippen molar-refractivity contribution in [1.82, 2.24) is 5.32 Å². The maximum Gasteiger partial charge on any atom is 0.404 e. The van der Waals surface area contributed by atoms with Crippen molar-refractivity contribution in [3.05, 3.63) is 12.2 Å². The zero-order valence-electron chi connectivity index (χ0n) is 4.72. The second kappa shape index (κ2) is 4.18. The molecule has 0 rings (SSSR count). The van der Waals surface area contributed by atoms with Crippen LogP contribution in [0.4, 0.5) is 4.79 Å². The maximum absolute atomic E-state index is 9.73. The van der Waals surface area contributed by atoms with E-state index in [9.17, 15) is 4.79 Å². The molecule has 0 aliphatic rings. The van der Waals surface area contributed by atoms with Gasteiger partial charge in [-0.2, -0.15) is 0 Å². The van der Waals surface area contributed by atoms with Crippen LogP contribution in [-0.2, 0) is 0 Å². The summed E-state index contributed by atoms with van der Waals surface area (Å²) in [7, 11) is 0. The van der Waals surface area contributed by atoms with Crippen molar-refractivity contribution >= 4 is 6.09 Å². The van der Waals surface area contributed by atoms with Crippen LogP contribution in [0.3, 0.4) is 0 Å². The van der Waals surface area contributed by atoms with Crippen molar-refractivity contribution in [1.29, 1.82) is 0 Å². The Kier molecular flexibility index (Phi) is 3.66. The maximum atomic E-state index is 9.73. The fourth-order valence-electron chi connectivity index (χ4n) is 0.264. The molecule has 0 radical (unpaired) electrons. The molecular weight excluding hydrogens is 106 g/mol. The van der Waals surface area contributed by atoms with Crippen molar-refractivity contribution in [2.24, 2.45) is 0 Å². The molecule has 0 bridgehead atoms. The van der Waals surface area contributed by atoms with Crippen molar-refractivity contribution in [3.8, 4) is 0 Å². The Labute approximate surface area is 48.0 Å². The monoisotopic (exact) mass is 115 g/mol. The molecule has 0 aromatic heterocycles. The first-order valence-corrected chi connectivity index (χ1v) is 2.35. The molecule has 3 heteroatoms. The Bertz CT molecular complexity index is 98.6. The first-order valence-electron chi connectivity index (χ1n) is 2.35. The van der Waals surface area contributed by atoms with Gasteiger partial charge in [-0.3, -0.25) is 0 Å². The average Bonchev–Trinajstić information content (AvgIpc) is 1.66. The normalized spacial score (nSPS) is 9.62. The van der Waals surface area contributed by atoms with E-state index in [4.69, 9.17) is 5.11 Å². The SMILES string of the molecule is CC=CCNC(=O)O. The second-order valence-corrected chi connectivity index (χ2v) is 1.26. The van der Waals surface area contributed by atoms with E-state index in [1.807, 2.05) is 6.92 Å². The quantitative estimate of drug-likeness (QED) is 0.523. The van der Waals surface area contributed by atoms with Crippen molar-refractivity contribution < 1.29 is 9.90 Å². The predicted octanol–water partition coefficient (Wildman–Crippen LogP) is 0.830. The summed E-state index contributed by atoms with van der Waals surface area (Å²) in [6.07, 6.45) is 2.53. The van der Waals surface area contributed by atoms with Crippen LogP contribution >= 0.6 is 0 Å². The highest BCUT2D eigenvalue weighted by Gasteiger charge is 1.85. The van der Waals surface area contributed by atoms with Gasteiger partial charge in [-0.25, -0.2) is 4.79 Å². The number of hydrogen-bond donors (Lipinski definition) is 2. The van der Waals surface area contributed by atoms with Gasteiger partial charge in [0.25, 0.3) is 0 Å². The van der Waals surface area contributed by atoms with Gasteiger partial charge in [0.15, 0.2) is 0 Å². The molecule has 0 aliphatic heterocycles. The van der Waals surface area contributed by atoms with Crippen LogP contribution < -0.4 is 5.32 Å². The van der Waals surface area contributed by atoms with Crippen LogP contribution in [0.25, 0.3) is 0 Å². The van der Waals surface area contributed by atoms with Crippen LogP contribution in [-0.4, -0.2) is 17.7 Å². The van der Waals surface area contributed by atoms with Crippen LogP contribution in [0.2, 0.25) is 0 Å². The van der Waals surface area contributed by atoms with Crippen molar-refractivity contribution in [3.63, 3.8) is 0 Å². The highest BCUT2D eigenvalue weighted by molar-refractivity contribution is 5.64. The van der Waals surface area contributed by atoms with Gasteiger partial charge in [0.2, 0.25) is 0 Å². The van der Waals surface area contributed by atoms with E-state index in [1.165, 1.54) is 0 Å². The molecule has 0 heterocycles. The van der Waals surface area contributed by atoms with E-state index >= 15 is 0 Å². The largest absolute Gasteiger partial charge is 0.465 e. The molecule has 0 aromatic carbocycles. The van der Waals surface area contributed by atoms with E-state index in [0.717, 1.165) is 0 Å². The summed E-state index contributed by atoms with van der Waals surface area (Å²) in [6.45, 7) is 2.23. The number of carbonyl (C=O) groups is 1. The van der Waals surface area contributed by atoms with Gasteiger partial charge in [-0.1, -0.05) is 12.2 Å². The van der Waals surface area contributed by atoms with Crippen LogP contribution in [0.5, 0.6) is 0 Å². The first-order chi connectivity index (χ1) is 3.77.